The fourth-order valence-corrected chi connectivity index (χ4v) is 4.45. The van der Waals surface area contributed by atoms with Gasteiger partial charge in [-0.1, -0.05) is 15.9 Å². The Hall–Kier alpha value is -3.49. The highest BCUT2D eigenvalue weighted by molar-refractivity contribution is 9.10. The maximum Gasteiger partial charge on any atom is 0.258 e. The van der Waals surface area contributed by atoms with E-state index in [4.69, 9.17) is 14.6 Å². The van der Waals surface area contributed by atoms with Crippen LogP contribution in [0.4, 0.5) is 10.1 Å². The molecule has 0 bridgehead atoms. The Labute approximate surface area is 217 Å². The summed E-state index contributed by atoms with van der Waals surface area (Å²) in [7, 11) is 0. The molecule has 36 heavy (non-hydrogen) atoms. The van der Waals surface area contributed by atoms with Gasteiger partial charge in [-0.25, -0.2) is 9.07 Å². The first kappa shape index (κ1) is 24.2. The quantitative estimate of drug-likeness (QED) is 0.269. The summed E-state index contributed by atoms with van der Waals surface area (Å²) in [5.41, 5.74) is 3.55. The zero-order chi connectivity index (χ0) is 25.4. The van der Waals surface area contributed by atoms with Gasteiger partial charge in [0.25, 0.3) is 5.91 Å². The van der Waals surface area contributed by atoms with Gasteiger partial charge in [0.05, 0.1) is 11.8 Å². The van der Waals surface area contributed by atoms with Crippen LogP contribution in [0.25, 0.3) is 16.9 Å². The van der Waals surface area contributed by atoms with Crippen molar-refractivity contribution in [3.63, 3.8) is 0 Å². The van der Waals surface area contributed by atoms with E-state index in [1.165, 1.54) is 12.1 Å². The van der Waals surface area contributed by atoms with E-state index in [1.807, 2.05) is 68.6 Å². The fraction of sp³-hybridized carbons (Fsp3) is 0.214. The molecule has 1 aliphatic heterocycles. The van der Waals surface area contributed by atoms with E-state index in [9.17, 15) is 9.18 Å². The summed E-state index contributed by atoms with van der Waals surface area (Å²) in [6, 6.07) is 21.3. The minimum absolute atomic E-state index is 0.0445. The molecule has 8 heteroatoms. The molecule has 1 saturated heterocycles. The van der Waals surface area contributed by atoms with Gasteiger partial charge in [-0.3, -0.25) is 9.69 Å². The monoisotopic (exact) mass is 549 g/mol. The minimum Gasteiger partial charge on any atom is -0.491 e. The average molecular weight is 550 g/mol. The largest absolute Gasteiger partial charge is 0.491 e. The molecule has 0 aliphatic carbocycles. The van der Waals surface area contributed by atoms with Crippen molar-refractivity contribution >= 4 is 27.5 Å². The second-order valence-electron chi connectivity index (χ2n) is 8.86. The van der Waals surface area contributed by atoms with Crippen molar-refractivity contribution in [2.45, 2.75) is 39.2 Å². The lowest BCUT2D eigenvalue weighted by Crippen LogP contribution is -2.30. The highest BCUT2D eigenvalue weighted by Crippen LogP contribution is 2.40. The molecule has 4 aromatic rings. The Balaban J connectivity index is 1.60. The summed E-state index contributed by atoms with van der Waals surface area (Å²) in [5.74, 6) is 0.235. The van der Waals surface area contributed by atoms with Crippen LogP contribution in [0, 0.1) is 5.82 Å². The predicted octanol–water partition coefficient (Wildman–Crippen LogP) is 6.68. The van der Waals surface area contributed by atoms with E-state index >= 15 is 0 Å². The van der Waals surface area contributed by atoms with Gasteiger partial charge >= 0.3 is 0 Å². The molecule has 0 saturated carbocycles. The summed E-state index contributed by atoms with van der Waals surface area (Å²) < 4.78 is 28.3. The topological polar surface area (TPSA) is 56.6 Å². The van der Waals surface area contributed by atoms with E-state index in [0.29, 0.717) is 16.9 Å². The van der Waals surface area contributed by atoms with Crippen molar-refractivity contribution in [1.82, 2.24) is 9.78 Å². The fourth-order valence-electron chi connectivity index (χ4n) is 4.18. The van der Waals surface area contributed by atoms with Crippen molar-refractivity contribution in [2.24, 2.45) is 0 Å². The number of rotatable bonds is 6. The molecule has 5 rings (SSSR count). The Bertz CT molecular complexity index is 1370. The first-order valence-electron chi connectivity index (χ1n) is 11.7. The smallest absolute Gasteiger partial charge is 0.258 e. The van der Waals surface area contributed by atoms with Crippen molar-refractivity contribution < 1.29 is 18.7 Å². The summed E-state index contributed by atoms with van der Waals surface area (Å²) in [6.45, 7) is 5.66. The summed E-state index contributed by atoms with van der Waals surface area (Å²) in [5, 5.41) is 4.82. The van der Waals surface area contributed by atoms with Crippen LogP contribution < -0.4 is 9.64 Å². The molecule has 2 heterocycles. The first-order chi connectivity index (χ1) is 17.3. The number of anilines is 1. The van der Waals surface area contributed by atoms with Gasteiger partial charge in [-0.05, 0) is 93.6 Å². The lowest BCUT2D eigenvalue weighted by molar-refractivity contribution is -0.121. The van der Waals surface area contributed by atoms with Gasteiger partial charge in [-0.15, -0.1) is 0 Å². The normalized spacial score (nSPS) is 17.7. The summed E-state index contributed by atoms with van der Waals surface area (Å²) in [6.07, 6.45) is 0.552. The number of nitrogens with zero attached hydrogens (tertiary/aromatic N) is 3. The molecular weight excluding hydrogens is 525 g/mol. The number of carbonyl (C=O) groups is 1. The Morgan fingerprint density at radius 1 is 0.972 bits per heavy atom. The molecule has 3 aromatic carbocycles. The molecule has 0 radical (unpaired) electrons. The number of halogens is 2. The van der Waals surface area contributed by atoms with E-state index in [0.717, 1.165) is 21.5 Å². The van der Waals surface area contributed by atoms with Crippen LogP contribution in [-0.2, 0) is 9.53 Å². The van der Waals surface area contributed by atoms with Gasteiger partial charge in [-0.2, -0.15) is 5.10 Å². The highest BCUT2D eigenvalue weighted by Gasteiger charge is 2.42. The predicted molar refractivity (Wildman–Crippen MR) is 140 cm³/mol. The summed E-state index contributed by atoms with van der Waals surface area (Å²) >= 11 is 3.46. The number of ether oxygens (including phenoxy) is 2. The molecule has 1 fully saturated rings. The number of hydrogen-bond donors (Lipinski definition) is 0. The third kappa shape index (κ3) is 4.79. The van der Waals surface area contributed by atoms with Crippen molar-refractivity contribution in [1.29, 1.82) is 0 Å². The lowest BCUT2D eigenvalue weighted by atomic mass is 10.1. The second kappa shape index (κ2) is 9.87. The van der Waals surface area contributed by atoms with Crippen molar-refractivity contribution in [3.8, 4) is 22.7 Å². The van der Waals surface area contributed by atoms with Crippen LogP contribution in [0.2, 0.25) is 0 Å². The van der Waals surface area contributed by atoms with Crippen LogP contribution in [0.15, 0.2) is 83.5 Å². The van der Waals surface area contributed by atoms with Crippen LogP contribution in [0.5, 0.6) is 5.75 Å². The molecule has 2 atom stereocenters. The van der Waals surface area contributed by atoms with Gasteiger partial charge < -0.3 is 9.47 Å². The lowest BCUT2D eigenvalue weighted by Gasteiger charge is -2.23. The van der Waals surface area contributed by atoms with E-state index in [2.05, 4.69) is 15.9 Å². The minimum atomic E-state index is -0.714. The molecule has 0 N–H and O–H groups in total. The van der Waals surface area contributed by atoms with Gasteiger partial charge in [0.15, 0.2) is 6.23 Å². The third-order valence-corrected chi connectivity index (χ3v) is 6.39. The standard InChI is InChI=1S/C28H25BrFN3O3/c1-17(2)35-24-14-12-23(13-15-24)33-27(34)18(3)36-28(33)25-16-32(22-10-6-20(29)7-11-22)31-26(25)19-4-8-21(30)9-5-19/h4-18,28H,1-3H3/t18-,28-/m1/s1. The molecule has 1 amide bonds. The maximum absolute atomic E-state index is 13.7. The SMILES string of the molecule is CC(C)Oc1ccc(N2C(=O)[C@@H](C)O[C@@H]2c2cn(-c3ccc(Br)cc3)nc2-c2ccc(F)cc2)cc1. The zero-order valence-electron chi connectivity index (χ0n) is 20.1. The number of benzene rings is 3. The molecule has 6 nitrogen and oxygen atoms in total. The third-order valence-electron chi connectivity index (χ3n) is 5.86. The number of amides is 1. The maximum atomic E-state index is 13.7. The number of carbonyl (C=O) groups excluding carboxylic acids is 1. The van der Waals surface area contributed by atoms with Gasteiger partial charge in [0.1, 0.15) is 23.4 Å². The molecule has 1 aliphatic rings. The van der Waals surface area contributed by atoms with Crippen LogP contribution >= 0.6 is 15.9 Å². The number of hydrogen-bond acceptors (Lipinski definition) is 4. The van der Waals surface area contributed by atoms with Crippen LogP contribution in [0.1, 0.15) is 32.6 Å². The van der Waals surface area contributed by atoms with Crippen LogP contribution in [0.3, 0.4) is 0 Å². The van der Waals surface area contributed by atoms with Crippen LogP contribution in [-0.4, -0.2) is 27.9 Å². The molecule has 184 valence electrons. The molecule has 0 spiro atoms. The second-order valence-corrected chi connectivity index (χ2v) is 9.78. The zero-order valence-corrected chi connectivity index (χ0v) is 21.6. The van der Waals surface area contributed by atoms with Crippen molar-refractivity contribution in [3.05, 3.63) is 94.8 Å². The Kier molecular flexibility index (Phi) is 6.64. The average Bonchev–Trinajstić information content (AvgIpc) is 3.42. The Morgan fingerprint density at radius 2 is 1.61 bits per heavy atom. The summed E-state index contributed by atoms with van der Waals surface area (Å²) in [4.78, 5) is 14.9. The Morgan fingerprint density at radius 3 is 2.25 bits per heavy atom. The first-order valence-corrected chi connectivity index (χ1v) is 12.5. The molecule has 1 aromatic heterocycles. The van der Waals surface area contributed by atoms with E-state index < -0.39 is 12.3 Å². The van der Waals surface area contributed by atoms with Crippen molar-refractivity contribution in [2.75, 3.05) is 4.90 Å². The number of aromatic nitrogens is 2. The van der Waals surface area contributed by atoms with E-state index in [-0.39, 0.29) is 17.8 Å². The highest BCUT2D eigenvalue weighted by atomic mass is 79.9. The molecule has 0 unspecified atom stereocenters. The van der Waals surface area contributed by atoms with Gasteiger partial charge in [0, 0.05) is 27.5 Å². The van der Waals surface area contributed by atoms with Gasteiger partial charge in [0.2, 0.25) is 0 Å². The van der Waals surface area contributed by atoms with E-state index in [1.54, 1.807) is 28.6 Å². The molecular formula is C28H25BrFN3O3.